The minimum absolute atomic E-state index is 0.0804. The molecule has 2 heterocycles. The fourth-order valence-electron chi connectivity index (χ4n) is 2.53. The van der Waals surface area contributed by atoms with E-state index in [-0.39, 0.29) is 5.56 Å². The van der Waals surface area contributed by atoms with Crippen LogP contribution in [0.4, 0.5) is 5.82 Å². The molecule has 0 saturated carbocycles. The van der Waals surface area contributed by atoms with Crippen molar-refractivity contribution in [2.24, 2.45) is 0 Å². The highest BCUT2D eigenvalue weighted by atomic mass is 16.1. The molecule has 0 bridgehead atoms. The zero-order chi connectivity index (χ0) is 13.0. The van der Waals surface area contributed by atoms with Gasteiger partial charge in [-0.2, -0.15) is 0 Å². The molecule has 0 aliphatic carbocycles. The van der Waals surface area contributed by atoms with Gasteiger partial charge in [-0.3, -0.25) is 9.69 Å². The molecule has 1 fully saturated rings. The number of anilines is 1. The molecule has 0 amide bonds. The first kappa shape index (κ1) is 13.1. The number of hydrogen-bond acceptors (Lipinski definition) is 4. The van der Waals surface area contributed by atoms with Gasteiger partial charge in [-0.25, -0.2) is 4.98 Å². The third kappa shape index (κ3) is 3.10. The summed E-state index contributed by atoms with van der Waals surface area (Å²) >= 11 is 0. The maximum Gasteiger partial charge on any atom is 0.252 e. The molecule has 100 valence electrons. The number of aromatic nitrogens is 2. The molecule has 1 saturated heterocycles. The van der Waals surface area contributed by atoms with Crippen molar-refractivity contribution in [1.29, 1.82) is 0 Å². The molecule has 1 aromatic rings. The molecule has 18 heavy (non-hydrogen) atoms. The fourth-order valence-corrected chi connectivity index (χ4v) is 2.53. The van der Waals surface area contributed by atoms with Crippen molar-refractivity contribution < 1.29 is 0 Å². The van der Waals surface area contributed by atoms with E-state index in [1.54, 1.807) is 0 Å². The van der Waals surface area contributed by atoms with Crippen LogP contribution in [0.15, 0.2) is 10.9 Å². The first-order valence-electron chi connectivity index (χ1n) is 6.81. The first-order chi connectivity index (χ1) is 8.72. The Hall–Kier alpha value is -1.36. The number of H-pyrrole nitrogens is 1. The minimum atomic E-state index is -0.0804. The van der Waals surface area contributed by atoms with Gasteiger partial charge in [-0.05, 0) is 25.9 Å². The van der Waals surface area contributed by atoms with E-state index >= 15 is 0 Å². The first-order valence-corrected chi connectivity index (χ1v) is 6.81. The Bertz CT molecular complexity index is 443. The van der Waals surface area contributed by atoms with Crippen LogP contribution in [-0.2, 0) is 6.42 Å². The predicted molar refractivity (Wildman–Crippen MR) is 73.0 cm³/mol. The van der Waals surface area contributed by atoms with Crippen molar-refractivity contribution in [3.63, 3.8) is 0 Å². The average molecular weight is 250 g/mol. The molecule has 0 spiro atoms. The van der Waals surface area contributed by atoms with Gasteiger partial charge in [-0.1, -0.05) is 13.8 Å². The highest BCUT2D eigenvalue weighted by Gasteiger charge is 2.22. The van der Waals surface area contributed by atoms with Crippen molar-refractivity contribution in [2.45, 2.75) is 39.2 Å². The lowest BCUT2D eigenvalue weighted by Crippen LogP contribution is -2.35. The second kappa shape index (κ2) is 6.00. The second-order valence-electron chi connectivity index (χ2n) is 4.74. The van der Waals surface area contributed by atoms with Crippen LogP contribution in [0.2, 0.25) is 0 Å². The van der Waals surface area contributed by atoms with Crippen LogP contribution in [-0.4, -0.2) is 40.5 Å². The van der Waals surface area contributed by atoms with E-state index in [0.717, 1.165) is 25.3 Å². The van der Waals surface area contributed by atoms with Crippen molar-refractivity contribution in [3.05, 3.63) is 22.2 Å². The Morgan fingerprint density at radius 2 is 2.39 bits per heavy atom. The molecule has 1 unspecified atom stereocenters. The summed E-state index contributed by atoms with van der Waals surface area (Å²) in [6.45, 7) is 7.32. The summed E-state index contributed by atoms with van der Waals surface area (Å²) in [6.07, 6.45) is 3.24. The van der Waals surface area contributed by atoms with Crippen LogP contribution < -0.4 is 10.9 Å². The van der Waals surface area contributed by atoms with Gasteiger partial charge in [0.15, 0.2) is 0 Å². The number of hydrogen-bond donors (Lipinski definition) is 2. The summed E-state index contributed by atoms with van der Waals surface area (Å²) in [7, 11) is 0. The normalized spacial score (nSPS) is 20.2. The average Bonchev–Trinajstić information content (AvgIpc) is 2.83. The highest BCUT2D eigenvalue weighted by Crippen LogP contribution is 2.16. The van der Waals surface area contributed by atoms with E-state index in [0.29, 0.717) is 11.9 Å². The summed E-state index contributed by atoms with van der Waals surface area (Å²) in [4.78, 5) is 21.0. The Kier molecular flexibility index (Phi) is 4.36. The molecule has 1 atom stereocenters. The Morgan fingerprint density at radius 3 is 3.11 bits per heavy atom. The van der Waals surface area contributed by atoms with Crippen LogP contribution in [0.3, 0.4) is 0 Å². The maximum atomic E-state index is 11.4. The summed E-state index contributed by atoms with van der Waals surface area (Å²) in [5.41, 5.74) is -0.0804. The lowest BCUT2D eigenvalue weighted by molar-refractivity contribution is 0.277. The molecular formula is C13H22N4O. The SMILES string of the molecule is CCc1nc(NCC2CCCN2CC)cc(=O)[nH]1. The minimum Gasteiger partial charge on any atom is -0.368 e. The van der Waals surface area contributed by atoms with E-state index in [2.05, 4.69) is 27.1 Å². The van der Waals surface area contributed by atoms with Crippen LogP contribution >= 0.6 is 0 Å². The lowest BCUT2D eigenvalue weighted by Gasteiger charge is -2.23. The largest absolute Gasteiger partial charge is 0.368 e. The van der Waals surface area contributed by atoms with Crippen molar-refractivity contribution in [1.82, 2.24) is 14.9 Å². The van der Waals surface area contributed by atoms with Gasteiger partial charge in [0, 0.05) is 25.1 Å². The Balaban J connectivity index is 1.97. The van der Waals surface area contributed by atoms with E-state index in [1.807, 2.05) is 6.92 Å². The summed E-state index contributed by atoms with van der Waals surface area (Å²) < 4.78 is 0. The van der Waals surface area contributed by atoms with Gasteiger partial charge in [-0.15, -0.1) is 0 Å². The molecule has 2 N–H and O–H groups in total. The number of likely N-dealkylation sites (tertiary alicyclic amines) is 1. The van der Waals surface area contributed by atoms with E-state index in [1.165, 1.54) is 25.5 Å². The van der Waals surface area contributed by atoms with Crippen molar-refractivity contribution in [2.75, 3.05) is 25.0 Å². The number of nitrogens with one attached hydrogen (secondary N) is 2. The van der Waals surface area contributed by atoms with Gasteiger partial charge in [0.25, 0.3) is 5.56 Å². The zero-order valence-corrected chi connectivity index (χ0v) is 11.2. The van der Waals surface area contributed by atoms with E-state index in [4.69, 9.17) is 0 Å². The van der Waals surface area contributed by atoms with Crippen LogP contribution in [0.5, 0.6) is 0 Å². The molecule has 5 heteroatoms. The Morgan fingerprint density at radius 1 is 1.56 bits per heavy atom. The molecule has 1 aliphatic heterocycles. The highest BCUT2D eigenvalue weighted by molar-refractivity contribution is 5.33. The van der Waals surface area contributed by atoms with Gasteiger partial charge in [0.1, 0.15) is 11.6 Å². The van der Waals surface area contributed by atoms with Crippen LogP contribution in [0.25, 0.3) is 0 Å². The maximum absolute atomic E-state index is 11.4. The number of aromatic amines is 1. The molecule has 0 radical (unpaired) electrons. The number of nitrogens with zero attached hydrogens (tertiary/aromatic N) is 2. The smallest absolute Gasteiger partial charge is 0.252 e. The number of likely N-dealkylation sites (N-methyl/N-ethyl adjacent to an activating group) is 1. The summed E-state index contributed by atoms with van der Waals surface area (Å²) in [6, 6.07) is 2.10. The molecule has 5 nitrogen and oxygen atoms in total. The fraction of sp³-hybridized carbons (Fsp3) is 0.692. The molecule has 0 aromatic carbocycles. The zero-order valence-electron chi connectivity index (χ0n) is 11.2. The monoisotopic (exact) mass is 250 g/mol. The third-order valence-electron chi connectivity index (χ3n) is 3.55. The standard InChI is InChI=1S/C13H22N4O/c1-3-11-15-12(8-13(18)16-11)14-9-10-6-5-7-17(10)4-2/h8,10H,3-7,9H2,1-2H3,(H2,14,15,16,18). The number of aryl methyl sites for hydroxylation is 1. The van der Waals surface area contributed by atoms with Crippen molar-refractivity contribution in [3.8, 4) is 0 Å². The predicted octanol–water partition coefficient (Wildman–Crippen LogP) is 1.23. The lowest BCUT2D eigenvalue weighted by atomic mass is 10.2. The summed E-state index contributed by atoms with van der Waals surface area (Å²) in [5.74, 6) is 1.43. The van der Waals surface area contributed by atoms with Gasteiger partial charge >= 0.3 is 0 Å². The van der Waals surface area contributed by atoms with Crippen LogP contribution in [0, 0.1) is 0 Å². The second-order valence-corrected chi connectivity index (χ2v) is 4.74. The van der Waals surface area contributed by atoms with Gasteiger partial charge in [0.05, 0.1) is 0 Å². The third-order valence-corrected chi connectivity index (χ3v) is 3.55. The molecule has 2 rings (SSSR count). The van der Waals surface area contributed by atoms with Gasteiger partial charge in [0.2, 0.25) is 0 Å². The topological polar surface area (TPSA) is 61.0 Å². The Labute approximate surface area is 108 Å². The molecular weight excluding hydrogens is 228 g/mol. The quantitative estimate of drug-likeness (QED) is 0.825. The molecule has 1 aromatic heterocycles. The number of rotatable bonds is 5. The van der Waals surface area contributed by atoms with Crippen LogP contribution in [0.1, 0.15) is 32.5 Å². The summed E-state index contributed by atoms with van der Waals surface area (Å²) in [5, 5.41) is 3.29. The van der Waals surface area contributed by atoms with E-state index in [9.17, 15) is 4.79 Å². The van der Waals surface area contributed by atoms with E-state index < -0.39 is 0 Å². The molecule has 1 aliphatic rings. The van der Waals surface area contributed by atoms with Gasteiger partial charge < -0.3 is 10.3 Å². The van der Waals surface area contributed by atoms with Crippen molar-refractivity contribution >= 4 is 5.82 Å².